The quantitative estimate of drug-likeness (QED) is 0.490. The first-order valence-electron chi connectivity index (χ1n) is 9.16. The predicted octanol–water partition coefficient (Wildman–Crippen LogP) is 5.40. The van der Waals surface area contributed by atoms with Gasteiger partial charge in [0.25, 0.3) is 5.91 Å². The zero-order valence-electron chi connectivity index (χ0n) is 15.8. The van der Waals surface area contributed by atoms with E-state index in [1.165, 1.54) is 0 Å². The number of furan rings is 2. The van der Waals surface area contributed by atoms with Gasteiger partial charge >= 0.3 is 0 Å². The first kappa shape index (κ1) is 17.9. The molecule has 0 spiro atoms. The Hall–Kier alpha value is -3.47. The van der Waals surface area contributed by atoms with E-state index in [9.17, 15) is 4.79 Å². The molecule has 0 aliphatic rings. The Kier molecular flexibility index (Phi) is 4.89. The molecule has 0 aliphatic carbocycles. The summed E-state index contributed by atoms with van der Waals surface area (Å²) in [7, 11) is 0. The van der Waals surface area contributed by atoms with E-state index in [0.29, 0.717) is 11.5 Å². The second-order valence-corrected chi connectivity index (χ2v) is 6.71. The fourth-order valence-electron chi connectivity index (χ4n) is 3.01. The van der Waals surface area contributed by atoms with Crippen molar-refractivity contribution in [2.24, 2.45) is 0 Å². The van der Waals surface area contributed by atoms with Gasteiger partial charge in [0.05, 0.1) is 6.04 Å². The Morgan fingerprint density at radius 3 is 2.61 bits per heavy atom. The minimum absolute atomic E-state index is 0.243. The molecule has 1 N–H and O–H groups in total. The zero-order chi connectivity index (χ0) is 19.5. The number of benzene rings is 2. The largest absolute Gasteiger partial charge is 0.486 e. The summed E-state index contributed by atoms with van der Waals surface area (Å²) in [4.78, 5) is 12.4. The number of hydrogen-bond donors (Lipinski definition) is 1. The molecule has 0 radical (unpaired) electrons. The van der Waals surface area contributed by atoms with Gasteiger partial charge in [-0.25, -0.2) is 0 Å². The van der Waals surface area contributed by atoms with E-state index in [-0.39, 0.29) is 24.3 Å². The SMILES string of the molecule is Cc1ccc(C(C)NC(=O)c2ccc(COc3ccc4ccccc4c3)o2)o1. The second kappa shape index (κ2) is 7.64. The highest BCUT2D eigenvalue weighted by Gasteiger charge is 2.17. The van der Waals surface area contributed by atoms with Crippen molar-refractivity contribution in [1.82, 2.24) is 5.32 Å². The summed E-state index contributed by atoms with van der Waals surface area (Å²) in [5, 5.41) is 5.14. The summed E-state index contributed by atoms with van der Waals surface area (Å²) in [5.74, 6) is 2.80. The zero-order valence-corrected chi connectivity index (χ0v) is 15.8. The molecule has 0 saturated heterocycles. The van der Waals surface area contributed by atoms with Gasteiger partial charge in [-0.2, -0.15) is 0 Å². The van der Waals surface area contributed by atoms with Crippen LogP contribution in [0.2, 0.25) is 0 Å². The van der Waals surface area contributed by atoms with E-state index in [1.807, 2.05) is 62.4 Å². The Morgan fingerprint density at radius 1 is 1.00 bits per heavy atom. The van der Waals surface area contributed by atoms with Gasteiger partial charge in [0.1, 0.15) is 29.6 Å². The van der Waals surface area contributed by atoms with Gasteiger partial charge in [0, 0.05) is 0 Å². The third-order valence-corrected chi connectivity index (χ3v) is 4.52. The number of hydrogen-bond acceptors (Lipinski definition) is 4. The molecule has 0 bridgehead atoms. The molecule has 1 atom stereocenters. The van der Waals surface area contributed by atoms with Crippen molar-refractivity contribution in [3.8, 4) is 5.75 Å². The maximum Gasteiger partial charge on any atom is 0.287 e. The summed E-state index contributed by atoms with van der Waals surface area (Å²) in [6.07, 6.45) is 0. The van der Waals surface area contributed by atoms with Crippen LogP contribution in [0.25, 0.3) is 10.8 Å². The van der Waals surface area contributed by atoms with Gasteiger partial charge < -0.3 is 18.9 Å². The molecule has 28 heavy (non-hydrogen) atoms. The molecule has 2 aromatic carbocycles. The van der Waals surface area contributed by atoms with Crippen molar-refractivity contribution in [2.45, 2.75) is 26.5 Å². The summed E-state index contributed by atoms with van der Waals surface area (Å²) in [6, 6.07) is 20.9. The summed E-state index contributed by atoms with van der Waals surface area (Å²) < 4.78 is 17.0. The van der Waals surface area contributed by atoms with Gasteiger partial charge in [0.15, 0.2) is 5.76 Å². The minimum Gasteiger partial charge on any atom is -0.486 e. The standard InChI is InChI=1S/C23H21NO4/c1-15-7-11-21(27-15)16(2)24-23(25)22-12-10-20(28-22)14-26-19-9-8-17-5-3-4-6-18(17)13-19/h3-13,16H,14H2,1-2H3,(H,24,25). The van der Waals surface area contributed by atoms with Gasteiger partial charge in [-0.05, 0) is 61.0 Å². The van der Waals surface area contributed by atoms with Crippen LogP contribution in [-0.2, 0) is 6.61 Å². The van der Waals surface area contributed by atoms with Crippen LogP contribution in [0, 0.1) is 6.92 Å². The molecule has 4 rings (SSSR count). The maximum atomic E-state index is 12.4. The molecule has 142 valence electrons. The molecule has 1 amide bonds. The fourth-order valence-corrected chi connectivity index (χ4v) is 3.01. The maximum absolute atomic E-state index is 12.4. The molecular weight excluding hydrogens is 354 g/mol. The monoisotopic (exact) mass is 375 g/mol. The van der Waals surface area contributed by atoms with E-state index in [4.69, 9.17) is 13.6 Å². The van der Waals surface area contributed by atoms with Crippen LogP contribution in [0.5, 0.6) is 5.75 Å². The molecule has 4 aromatic rings. The minimum atomic E-state index is -0.293. The average Bonchev–Trinajstić information content (AvgIpc) is 3.35. The van der Waals surface area contributed by atoms with Gasteiger partial charge in [-0.1, -0.05) is 30.3 Å². The van der Waals surface area contributed by atoms with E-state index in [0.717, 1.165) is 22.3 Å². The van der Waals surface area contributed by atoms with Crippen LogP contribution in [0.15, 0.2) is 75.6 Å². The van der Waals surface area contributed by atoms with Crippen LogP contribution in [0.4, 0.5) is 0 Å². The molecule has 5 nitrogen and oxygen atoms in total. The van der Waals surface area contributed by atoms with E-state index in [2.05, 4.69) is 11.4 Å². The Balaban J connectivity index is 1.37. The Labute approximate surface area is 162 Å². The number of carbonyl (C=O) groups excluding carboxylic acids is 1. The Bertz CT molecular complexity index is 1110. The number of rotatable bonds is 6. The number of amides is 1. The summed E-state index contributed by atoms with van der Waals surface area (Å²) >= 11 is 0. The Morgan fingerprint density at radius 2 is 1.82 bits per heavy atom. The van der Waals surface area contributed by atoms with Crippen LogP contribution in [-0.4, -0.2) is 5.91 Å². The lowest BCUT2D eigenvalue weighted by Crippen LogP contribution is -2.25. The van der Waals surface area contributed by atoms with Crippen molar-refractivity contribution in [2.75, 3.05) is 0 Å². The average molecular weight is 375 g/mol. The van der Waals surface area contributed by atoms with Gasteiger partial charge in [-0.3, -0.25) is 4.79 Å². The lowest BCUT2D eigenvalue weighted by molar-refractivity contribution is 0.0903. The van der Waals surface area contributed by atoms with Crippen LogP contribution in [0.1, 0.15) is 40.8 Å². The number of nitrogens with one attached hydrogen (secondary N) is 1. The fraction of sp³-hybridized carbons (Fsp3) is 0.174. The second-order valence-electron chi connectivity index (χ2n) is 6.71. The molecule has 2 aromatic heterocycles. The van der Waals surface area contributed by atoms with Gasteiger partial charge in [-0.15, -0.1) is 0 Å². The van der Waals surface area contributed by atoms with Crippen LogP contribution >= 0.6 is 0 Å². The van der Waals surface area contributed by atoms with Crippen LogP contribution in [0.3, 0.4) is 0 Å². The first-order valence-corrected chi connectivity index (χ1v) is 9.16. The molecule has 5 heteroatoms. The van der Waals surface area contributed by atoms with Crippen molar-refractivity contribution >= 4 is 16.7 Å². The normalized spacial score (nSPS) is 12.1. The smallest absolute Gasteiger partial charge is 0.287 e. The number of aryl methyl sites for hydroxylation is 1. The highest BCUT2D eigenvalue weighted by Crippen LogP contribution is 2.22. The topological polar surface area (TPSA) is 64.6 Å². The van der Waals surface area contributed by atoms with E-state index < -0.39 is 0 Å². The third-order valence-electron chi connectivity index (χ3n) is 4.52. The number of fused-ring (bicyclic) bond motifs is 1. The summed E-state index contributed by atoms with van der Waals surface area (Å²) in [6.45, 7) is 3.98. The molecule has 0 saturated carbocycles. The number of carbonyl (C=O) groups is 1. The summed E-state index contributed by atoms with van der Waals surface area (Å²) in [5.41, 5.74) is 0. The predicted molar refractivity (Wildman–Crippen MR) is 106 cm³/mol. The molecule has 0 fully saturated rings. The van der Waals surface area contributed by atoms with Crippen molar-refractivity contribution in [3.05, 3.63) is 89.8 Å². The lowest BCUT2D eigenvalue weighted by atomic mass is 10.1. The lowest BCUT2D eigenvalue weighted by Gasteiger charge is -2.10. The number of ether oxygens (including phenoxy) is 1. The molecule has 1 unspecified atom stereocenters. The highest BCUT2D eigenvalue weighted by atomic mass is 16.5. The van der Waals surface area contributed by atoms with Crippen molar-refractivity contribution in [3.63, 3.8) is 0 Å². The van der Waals surface area contributed by atoms with Crippen molar-refractivity contribution in [1.29, 1.82) is 0 Å². The third kappa shape index (κ3) is 3.93. The molecular formula is C23H21NO4. The molecule has 2 heterocycles. The van der Waals surface area contributed by atoms with Crippen LogP contribution < -0.4 is 10.1 Å². The highest BCUT2D eigenvalue weighted by molar-refractivity contribution is 5.91. The van der Waals surface area contributed by atoms with E-state index in [1.54, 1.807) is 12.1 Å². The van der Waals surface area contributed by atoms with Crippen molar-refractivity contribution < 1.29 is 18.4 Å². The first-order chi connectivity index (χ1) is 13.6. The molecule has 0 aliphatic heterocycles. The van der Waals surface area contributed by atoms with Gasteiger partial charge in [0.2, 0.25) is 0 Å². The van der Waals surface area contributed by atoms with E-state index >= 15 is 0 Å².